The van der Waals surface area contributed by atoms with Crippen molar-refractivity contribution in [1.29, 1.82) is 0 Å². The lowest BCUT2D eigenvalue weighted by Crippen LogP contribution is -2.36. The zero-order chi connectivity index (χ0) is 20.2. The van der Waals surface area contributed by atoms with Gasteiger partial charge in [-0.15, -0.1) is 0 Å². The minimum Gasteiger partial charge on any atom is -0.342 e. The molecule has 0 aromatic heterocycles. The zero-order valence-corrected chi connectivity index (χ0v) is 17.8. The van der Waals surface area contributed by atoms with Gasteiger partial charge in [0.25, 0.3) is 5.91 Å². The maximum absolute atomic E-state index is 13.0. The lowest BCUT2D eigenvalue weighted by Gasteiger charge is -2.27. The molecule has 0 spiro atoms. The number of piperidine rings is 1. The highest BCUT2D eigenvalue weighted by Gasteiger charge is 2.28. The molecule has 1 unspecified atom stereocenters. The number of carbonyl (C=O) groups excluding carboxylic acids is 1. The average Bonchev–Trinajstić information content (AvgIpc) is 2.66. The van der Waals surface area contributed by atoms with Crippen LogP contribution in [0.5, 0.6) is 0 Å². The van der Waals surface area contributed by atoms with Crippen LogP contribution in [0.3, 0.4) is 0 Å². The number of carbonyl (C=O) groups is 1. The van der Waals surface area contributed by atoms with Gasteiger partial charge in [-0.25, -0.2) is 8.42 Å². The SMILES string of the molecule is Cc1ccc(C(=O)N(C)CCC(N)C(C)C)cc1S(=O)(=O)N1CCCCC1. The highest BCUT2D eigenvalue weighted by atomic mass is 32.2. The standard InChI is InChI=1S/C20H33N3O3S/c1-15(2)18(21)10-13-22(4)20(24)17-9-8-16(3)19(14-17)27(25,26)23-11-6-5-7-12-23/h8-9,14-15,18H,5-7,10-13,21H2,1-4H3. The quantitative estimate of drug-likeness (QED) is 0.769. The van der Waals surface area contributed by atoms with E-state index in [0.717, 1.165) is 19.3 Å². The first kappa shape index (κ1) is 21.9. The molecule has 6 nitrogen and oxygen atoms in total. The fraction of sp³-hybridized carbons (Fsp3) is 0.650. The third kappa shape index (κ3) is 5.30. The Labute approximate surface area is 163 Å². The van der Waals surface area contributed by atoms with E-state index >= 15 is 0 Å². The Balaban J connectivity index is 2.19. The molecule has 1 heterocycles. The monoisotopic (exact) mass is 395 g/mol. The van der Waals surface area contributed by atoms with Crippen LogP contribution in [0.1, 0.15) is 55.5 Å². The fourth-order valence-corrected chi connectivity index (χ4v) is 5.02. The van der Waals surface area contributed by atoms with Gasteiger partial charge in [-0.2, -0.15) is 4.31 Å². The predicted octanol–water partition coefficient (Wildman–Crippen LogP) is 2.62. The molecule has 0 radical (unpaired) electrons. The number of aryl methyl sites for hydroxylation is 1. The topological polar surface area (TPSA) is 83.7 Å². The third-order valence-corrected chi connectivity index (χ3v) is 7.41. The van der Waals surface area contributed by atoms with Gasteiger partial charge < -0.3 is 10.6 Å². The van der Waals surface area contributed by atoms with Gasteiger partial charge in [-0.3, -0.25) is 4.79 Å². The van der Waals surface area contributed by atoms with Crippen molar-refractivity contribution in [2.24, 2.45) is 11.7 Å². The number of amides is 1. The molecule has 152 valence electrons. The Hall–Kier alpha value is -1.44. The molecule has 1 aliphatic rings. The van der Waals surface area contributed by atoms with Crippen molar-refractivity contribution in [3.63, 3.8) is 0 Å². The van der Waals surface area contributed by atoms with Gasteiger partial charge in [0.1, 0.15) is 0 Å². The maximum Gasteiger partial charge on any atom is 0.253 e. The highest BCUT2D eigenvalue weighted by molar-refractivity contribution is 7.89. The molecule has 1 aliphatic heterocycles. The average molecular weight is 396 g/mol. The minimum absolute atomic E-state index is 0.0355. The smallest absolute Gasteiger partial charge is 0.253 e. The van der Waals surface area contributed by atoms with Crippen molar-refractivity contribution in [2.45, 2.75) is 57.4 Å². The fourth-order valence-electron chi connectivity index (χ4n) is 3.25. The Bertz CT molecular complexity index is 756. The largest absolute Gasteiger partial charge is 0.342 e. The van der Waals surface area contributed by atoms with E-state index in [4.69, 9.17) is 5.73 Å². The summed E-state index contributed by atoms with van der Waals surface area (Å²) in [5.74, 6) is 0.176. The number of rotatable bonds is 7. The molecule has 1 saturated heterocycles. The van der Waals surface area contributed by atoms with Crippen LogP contribution >= 0.6 is 0 Å². The summed E-state index contributed by atoms with van der Waals surface area (Å²) in [5, 5.41) is 0. The summed E-state index contributed by atoms with van der Waals surface area (Å²) in [6, 6.07) is 4.98. The van der Waals surface area contributed by atoms with Crippen LogP contribution in [0.25, 0.3) is 0 Å². The normalized spacial score (nSPS) is 17.1. The first-order valence-corrected chi connectivity index (χ1v) is 11.2. The van der Waals surface area contributed by atoms with Crippen LogP contribution < -0.4 is 5.73 Å². The van der Waals surface area contributed by atoms with Crippen LogP contribution in [0, 0.1) is 12.8 Å². The van der Waals surface area contributed by atoms with Crippen LogP contribution in [-0.4, -0.2) is 56.3 Å². The second-order valence-corrected chi connectivity index (χ2v) is 9.77. The maximum atomic E-state index is 13.0. The molecule has 1 aromatic rings. The number of hydrogen-bond acceptors (Lipinski definition) is 4. The van der Waals surface area contributed by atoms with E-state index in [2.05, 4.69) is 13.8 Å². The number of sulfonamides is 1. The van der Waals surface area contributed by atoms with E-state index < -0.39 is 10.0 Å². The number of nitrogens with zero attached hydrogens (tertiary/aromatic N) is 2. The van der Waals surface area contributed by atoms with E-state index in [9.17, 15) is 13.2 Å². The minimum atomic E-state index is -3.57. The number of benzene rings is 1. The lowest BCUT2D eigenvalue weighted by atomic mass is 10.0. The molecular formula is C20H33N3O3S. The van der Waals surface area contributed by atoms with Crippen molar-refractivity contribution in [3.05, 3.63) is 29.3 Å². The van der Waals surface area contributed by atoms with Crippen molar-refractivity contribution in [2.75, 3.05) is 26.7 Å². The van der Waals surface area contributed by atoms with Crippen LogP contribution in [0.4, 0.5) is 0 Å². The summed E-state index contributed by atoms with van der Waals surface area (Å²) in [4.78, 5) is 14.6. The van der Waals surface area contributed by atoms with Gasteiger partial charge in [0.2, 0.25) is 10.0 Å². The van der Waals surface area contributed by atoms with Gasteiger partial charge in [-0.1, -0.05) is 26.3 Å². The van der Waals surface area contributed by atoms with Gasteiger partial charge in [0.05, 0.1) is 4.90 Å². The summed E-state index contributed by atoms with van der Waals surface area (Å²) < 4.78 is 27.6. The molecule has 1 aromatic carbocycles. The van der Waals surface area contributed by atoms with Gasteiger partial charge in [0.15, 0.2) is 0 Å². The first-order chi connectivity index (χ1) is 12.6. The van der Waals surface area contributed by atoms with Crippen LogP contribution in [0.15, 0.2) is 23.1 Å². The van der Waals surface area contributed by atoms with E-state index in [1.807, 2.05) is 0 Å². The molecule has 1 fully saturated rings. The van der Waals surface area contributed by atoms with Crippen molar-refractivity contribution in [1.82, 2.24) is 9.21 Å². The van der Waals surface area contributed by atoms with Crippen LogP contribution in [-0.2, 0) is 10.0 Å². The van der Waals surface area contributed by atoms with E-state index in [-0.39, 0.29) is 16.8 Å². The van der Waals surface area contributed by atoms with E-state index in [1.165, 1.54) is 6.07 Å². The van der Waals surface area contributed by atoms with Crippen molar-refractivity contribution >= 4 is 15.9 Å². The molecule has 7 heteroatoms. The molecule has 1 amide bonds. The Morgan fingerprint density at radius 3 is 2.44 bits per heavy atom. The van der Waals surface area contributed by atoms with E-state index in [0.29, 0.717) is 43.1 Å². The number of nitrogens with two attached hydrogens (primary N) is 1. The highest BCUT2D eigenvalue weighted by Crippen LogP contribution is 2.25. The van der Waals surface area contributed by atoms with E-state index in [1.54, 1.807) is 35.3 Å². The molecular weight excluding hydrogens is 362 g/mol. The number of hydrogen-bond donors (Lipinski definition) is 1. The van der Waals surface area contributed by atoms with Crippen molar-refractivity contribution < 1.29 is 13.2 Å². The second kappa shape index (κ2) is 9.17. The lowest BCUT2D eigenvalue weighted by molar-refractivity contribution is 0.0789. The molecule has 2 N–H and O–H groups in total. The Morgan fingerprint density at radius 1 is 1.22 bits per heavy atom. The van der Waals surface area contributed by atoms with Crippen molar-refractivity contribution in [3.8, 4) is 0 Å². The molecule has 0 aliphatic carbocycles. The Morgan fingerprint density at radius 2 is 1.85 bits per heavy atom. The Kier molecular flexibility index (Phi) is 7.42. The van der Waals surface area contributed by atoms with Gasteiger partial charge in [0, 0.05) is 38.3 Å². The molecule has 0 bridgehead atoms. The first-order valence-electron chi connectivity index (χ1n) is 9.76. The summed E-state index contributed by atoms with van der Waals surface area (Å²) in [6.45, 7) is 7.53. The summed E-state index contributed by atoms with van der Waals surface area (Å²) >= 11 is 0. The zero-order valence-electron chi connectivity index (χ0n) is 16.9. The summed E-state index contributed by atoms with van der Waals surface area (Å²) in [5.41, 5.74) is 7.13. The molecule has 27 heavy (non-hydrogen) atoms. The second-order valence-electron chi connectivity index (χ2n) is 7.87. The molecule has 2 rings (SSSR count). The predicted molar refractivity (Wildman–Crippen MR) is 108 cm³/mol. The van der Waals surface area contributed by atoms with Crippen LogP contribution in [0.2, 0.25) is 0 Å². The molecule has 0 saturated carbocycles. The van der Waals surface area contributed by atoms with Gasteiger partial charge >= 0.3 is 0 Å². The van der Waals surface area contributed by atoms with Gasteiger partial charge in [-0.05, 0) is 49.8 Å². The summed E-state index contributed by atoms with van der Waals surface area (Å²) in [7, 11) is -1.84. The molecule has 1 atom stereocenters. The summed E-state index contributed by atoms with van der Waals surface area (Å²) in [6.07, 6.45) is 3.54. The third-order valence-electron chi connectivity index (χ3n) is 5.37.